The molecule has 0 bridgehead atoms. The van der Waals surface area contributed by atoms with Gasteiger partial charge in [0.05, 0.1) is 30.3 Å². The molecule has 3 N–H and O–H groups in total. The quantitative estimate of drug-likeness (QED) is 0.334. The number of halogens is 1. The third-order valence-electron chi connectivity index (χ3n) is 7.19. The molecule has 2 aliphatic heterocycles. The number of anilines is 2. The number of nitrogens with zero attached hydrogens (tertiary/aromatic N) is 5. The minimum Gasteiger partial charge on any atom is -0.462 e. The minimum atomic E-state index is -0.506. The van der Waals surface area contributed by atoms with Gasteiger partial charge in [-0.3, -0.25) is 9.48 Å². The molecule has 2 fully saturated rings. The zero-order valence-electron chi connectivity index (χ0n) is 22.8. The standard InChI is InChI=1S/C28H33FN8O3/c1-16-11-37(12-17(2)32-16)24-5-4-21(27(38)33-19-8-18-13-36(3)35-25(18)23(29)9-19)26-22(24)10-31-28(34-26)40-15-20-14-39-7-6-30-20/h4-5,8-10,13,16-17,20,30,32H,6-7,11-12,14-15H2,1-3H3,(H,33,38)/t16-,17+,20?. The van der Waals surface area contributed by atoms with Gasteiger partial charge in [-0.2, -0.15) is 10.1 Å². The number of rotatable bonds is 6. The molecule has 3 atom stereocenters. The van der Waals surface area contributed by atoms with E-state index in [-0.39, 0.29) is 17.6 Å². The van der Waals surface area contributed by atoms with Crippen LogP contribution in [-0.2, 0) is 11.8 Å². The molecule has 0 spiro atoms. The van der Waals surface area contributed by atoms with Crippen molar-refractivity contribution in [3.63, 3.8) is 0 Å². The molecule has 6 rings (SSSR count). The number of carbonyl (C=O) groups excluding carboxylic acids is 1. The van der Waals surface area contributed by atoms with E-state index in [1.165, 1.54) is 10.7 Å². The van der Waals surface area contributed by atoms with Crippen LogP contribution in [0.2, 0.25) is 0 Å². The third-order valence-corrected chi connectivity index (χ3v) is 7.19. The van der Waals surface area contributed by atoms with Gasteiger partial charge in [-0.25, -0.2) is 9.37 Å². The van der Waals surface area contributed by atoms with Crippen molar-refractivity contribution in [2.45, 2.75) is 32.0 Å². The number of fused-ring (bicyclic) bond motifs is 2. The van der Waals surface area contributed by atoms with Crippen molar-refractivity contribution in [1.29, 1.82) is 0 Å². The van der Waals surface area contributed by atoms with E-state index in [0.29, 0.717) is 54.1 Å². The van der Waals surface area contributed by atoms with Crippen molar-refractivity contribution < 1.29 is 18.7 Å². The predicted molar refractivity (Wildman–Crippen MR) is 151 cm³/mol. The minimum absolute atomic E-state index is 0.0308. The maximum atomic E-state index is 14.7. The number of hydrogen-bond acceptors (Lipinski definition) is 9. The largest absolute Gasteiger partial charge is 0.462 e. The van der Waals surface area contributed by atoms with Crippen molar-refractivity contribution in [2.75, 3.05) is 49.7 Å². The first-order valence-corrected chi connectivity index (χ1v) is 13.5. The van der Waals surface area contributed by atoms with Gasteiger partial charge in [0.15, 0.2) is 5.82 Å². The van der Waals surface area contributed by atoms with Gasteiger partial charge in [0, 0.05) is 73.3 Å². The summed E-state index contributed by atoms with van der Waals surface area (Å²) in [5.41, 5.74) is 2.34. The second-order valence-electron chi connectivity index (χ2n) is 10.6. The van der Waals surface area contributed by atoms with Gasteiger partial charge >= 0.3 is 6.01 Å². The molecule has 2 saturated heterocycles. The molecule has 1 amide bonds. The SMILES string of the molecule is C[C@@H]1CN(c2ccc(C(=O)Nc3cc(F)c4nn(C)cc4c3)c3nc(OCC4COCCN4)ncc23)C[C@H](C)N1. The molecule has 0 aliphatic carbocycles. The highest BCUT2D eigenvalue weighted by Crippen LogP contribution is 2.31. The molecule has 11 nitrogen and oxygen atoms in total. The van der Waals surface area contributed by atoms with Gasteiger partial charge in [-0.15, -0.1) is 0 Å². The van der Waals surface area contributed by atoms with Crippen molar-refractivity contribution in [3.8, 4) is 6.01 Å². The number of aromatic nitrogens is 4. The number of benzene rings is 2. The fraction of sp³-hybridized carbons (Fsp3) is 0.429. The normalized spacial score (nSPS) is 21.6. The molecule has 40 heavy (non-hydrogen) atoms. The van der Waals surface area contributed by atoms with Gasteiger partial charge in [0.25, 0.3) is 5.91 Å². The van der Waals surface area contributed by atoms with Crippen molar-refractivity contribution in [3.05, 3.63) is 48.0 Å². The summed E-state index contributed by atoms with van der Waals surface area (Å²) in [6.07, 6.45) is 3.42. The van der Waals surface area contributed by atoms with Gasteiger partial charge in [0.2, 0.25) is 0 Å². The van der Waals surface area contributed by atoms with Crippen molar-refractivity contribution in [2.24, 2.45) is 7.05 Å². The van der Waals surface area contributed by atoms with Crippen molar-refractivity contribution in [1.82, 2.24) is 30.4 Å². The maximum Gasteiger partial charge on any atom is 0.316 e. The van der Waals surface area contributed by atoms with Gasteiger partial charge in [-0.05, 0) is 38.1 Å². The Morgan fingerprint density at radius 1 is 1.23 bits per heavy atom. The summed E-state index contributed by atoms with van der Waals surface area (Å²) in [6, 6.07) is 7.47. The Kier molecular flexibility index (Phi) is 7.22. The van der Waals surface area contributed by atoms with E-state index in [0.717, 1.165) is 30.7 Å². The molecular weight excluding hydrogens is 515 g/mol. The first kappa shape index (κ1) is 26.4. The number of aryl methyl sites for hydroxylation is 1. The Balaban J connectivity index is 1.34. The first-order chi connectivity index (χ1) is 19.3. The monoisotopic (exact) mass is 548 g/mol. The molecule has 2 aliphatic rings. The van der Waals surface area contributed by atoms with E-state index in [1.807, 2.05) is 6.07 Å². The number of piperazine rings is 1. The van der Waals surface area contributed by atoms with E-state index < -0.39 is 11.7 Å². The smallest absolute Gasteiger partial charge is 0.316 e. The van der Waals surface area contributed by atoms with Gasteiger partial charge < -0.3 is 30.3 Å². The molecule has 2 aromatic heterocycles. The number of nitrogens with one attached hydrogen (secondary N) is 3. The highest BCUT2D eigenvalue weighted by molar-refractivity contribution is 6.14. The lowest BCUT2D eigenvalue weighted by atomic mass is 10.0. The number of ether oxygens (including phenoxy) is 2. The van der Waals surface area contributed by atoms with Crippen LogP contribution in [0.25, 0.3) is 21.8 Å². The van der Waals surface area contributed by atoms with E-state index >= 15 is 0 Å². The average molecular weight is 549 g/mol. The van der Waals surface area contributed by atoms with Crippen LogP contribution in [0, 0.1) is 5.82 Å². The van der Waals surface area contributed by atoms with E-state index in [2.05, 4.69) is 44.8 Å². The molecular formula is C28H33FN8O3. The molecule has 4 heterocycles. The Bertz CT molecular complexity index is 1540. The average Bonchev–Trinajstić information content (AvgIpc) is 3.32. The molecule has 12 heteroatoms. The van der Waals surface area contributed by atoms with Crippen molar-refractivity contribution >= 4 is 39.1 Å². The predicted octanol–water partition coefficient (Wildman–Crippen LogP) is 2.46. The summed E-state index contributed by atoms with van der Waals surface area (Å²) in [4.78, 5) is 25.0. The Morgan fingerprint density at radius 3 is 2.83 bits per heavy atom. The summed E-state index contributed by atoms with van der Waals surface area (Å²) in [7, 11) is 1.72. The number of carbonyl (C=O) groups is 1. The molecule has 210 valence electrons. The number of hydrogen-bond donors (Lipinski definition) is 3. The maximum absolute atomic E-state index is 14.7. The van der Waals surface area contributed by atoms with E-state index in [1.54, 1.807) is 31.6 Å². The van der Waals surface area contributed by atoms with Crippen LogP contribution in [0.1, 0.15) is 24.2 Å². The molecule has 1 unspecified atom stereocenters. The lowest BCUT2D eigenvalue weighted by Crippen LogP contribution is -2.54. The Hall–Kier alpha value is -3.87. The lowest BCUT2D eigenvalue weighted by molar-refractivity contribution is 0.0577. The number of amides is 1. The van der Waals surface area contributed by atoms with Gasteiger partial charge in [-0.1, -0.05) is 0 Å². The highest BCUT2D eigenvalue weighted by Gasteiger charge is 2.25. The Labute approximate surface area is 231 Å². The summed E-state index contributed by atoms with van der Waals surface area (Å²) < 4.78 is 27.6. The first-order valence-electron chi connectivity index (χ1n) is 13.5. The zero-order valence-corrected chi connectivity index (χ0v) is 22.8. The summed E-state index contributed by atoms with van der Waals surface area (Å²) >= 11 is 0. The van der Waals surface area contributed by atoms with Crippen LogP contribution in [0.4, 0.5) is 15.8 Å². The van der Waals surface area contributed by atoms with Crippen LogP contribution in [-0.4, -0.2) is 83.2 Å². The zero-order chi connectivity index (χ0) is 27.8. The lowest BCUT2D eigenvalue weighted by Gasteiger charge is -2.38. The van der Waals surface area contributed by atoms with E-state index in [4.69, 9.17) is 14.5 Å². The Morgan fingerprint density at radius 2 is 2.05 bits per heavy atom. The van der Waals surface area contributed by atoms with Crippen LogP contribution >= 0.6 is 0 Å². The fourth-order valence-corrected chi connectivity index (χ4v) is 5.53. The van der Waals surface area contributed by atoms with Crippen LogP contribution in [0.15, 0.2) is 36.7 Å². The summed E-state index contributed by atoms with van der Waals surface area (Å²) in [5.74, 6) is -0.915. The summed E-state index contributed by atoms with van der Waals surface area (Å²) in [6.45, 7) is 8.22. The van der Waals surface area contributed by atoms with Gasteiger partial charge in [0.1, 0.15) is 12.1 Å². The molecule has 4 aromatic rings. The summed E-state index contributed by atoms with van der Waals surface area (Å²) in [5, 5.41) is 15.2. The second-order valence-corrected chi connectivity index (χ2v) is 10.6. The molecule has 0 saturated carbocycles. The fourth-order valence-electron chi connectivity index (χ4n) is 5.53. The van der Waals surface area contributed by atoms with Crippen LogP contribution in [0.3, 0.4) is 0 Å². The topological polar surface area (TPSA) is 118 Å². The second kappa shape index (κ2) is 11.0. The highest BCUT2D eigenvalue weighted by atomic mass is 19.1. The number of morpholine rings is 1. The third kappa shape index (κ3) is 5.42. The van der Waals surface area contributed by atoms with Crippen LogP contribution in [0.5, 0.6) is 6.01 Å². The molecule has 0 radical (unpaired) electrons. The van der Waals surface area contributed by atoms with E-state index in [9.17, 15) is 9.18 Å². The molecule has 2 aromatic carbocycles. The van der Waals surface area contributed by atoms with Crippen LogP contribution < -0.4 is 25.6 Å².